The van der Waals surface area contributed by atoms with Crippen molar-refractivity contribution in [2.75, 3.05) is 5.32 Å². The predicted molar refractivity (Wildman–Crippen MR) is 66.1 cm³/mol. The summed E-state index contributed by atoms with van der Waals surface area (Å²) in [6, 6.07) is 4.85. The third-order valence-electron chi connectivity index (χ3n) is 2.30. The van der Waals surface area contributed by atoms with Crippen LogP contribution >= 0.6 is 11.6 Å². The van der Waals surface area contributed by atoms with Crippen LogP contribution in [0.2, 0.25) is 5.02 Å². The second-order valence-corrected chi connectivity index (χ2v) is 4.13. The molecule has 0 bridgehead atoms. The Hall–Kier alpha value is -1.29. The van der Waals surface area contributed by atoms with Crippen LogP contribution in [0.15, 0.2) is 18.2 Å². The van der Waals surface area contributed by atoms with Crippen LogP contribution in [0.3, 0.4) is 0 Å². The van der Waals surface area contributed by atoms with Crippen LogP contribution in [0.5, 0.6) is 0 Å². The molecule has 0 heterocycles. The minimum absolute atomic E-state index is 0.0236. The van der Waals surface area contributed by atoms with Gasteiger partial charge in [0.25, 0.3) is 5.69 Å². The van der Waals surface area contributed by atoms with Crippen LogP contribution in [0.25, 0.3) is 0 Å². The molecule has 0 saturated carbocycles. The second-order valence-electron chi connectivity index (χ2n) is 3.73. The van der Waals surface area contributed by atoms with Crippen molar-refractivity contribution in [1.29, 1.82) is 0 Å². The fraction of sp³-hybridized carbons (Fsp3) is 0.455. The highest BCUT2D eigenvalue weighted by atomic mass is 35.5. The van der Waals surface area contributed by atoms with Crippen molar-refractivity contribution in [3.8, 4) is 0 Å². The van der Waals surface area contributed by atoms with E-state index >= 15 is 0 Å². The van der Waals surface area contributed by atoms with E-state index in [9.17, 15) is 10.1 Å². The molecule has 5 heteroatoms. The summed E-state index contributed by atoms with van der Waals surface area (Å²) in [6.07, 6.45) is 1.97. The SMILES string of the molecule is CCCC(C)Nc1c(Cl)cccc1[N+](=O)[O-]. The Morgan fingerprint density at radius 3 is 2.81 bits per heavy atom. The summed E-state index contributed by atoms with van der Waals surface area (Å²) in [6.45, 7) is 4.05. The van der Waals surface area contributed by atoms with E-state index in [-0.39, 0.29) is 11.7 Å². The van der Waals surface area contributed by atoms with E-state index in [0.717, 1.165) is 12.8 Å². The second kappa shape index (κ2) is 5.70. The third kappa shape index (κ3) is 3.10. The Kier molecular flexibility index (Phi) is 4.55. The number of hydrogen-bond donors (Lipinski definition) is 1. The Bertz CT molecular complexity index is 382. The van der Waals surface area contributed by atoms with Crippen molar-refractivity contribution < 1.29 is 4.92 Å². The largest absolute Gasteiger partial charge is 0.376 e. The summed E-state index contributed by atoms with van der Waals surface area (Å²) in [7, 11) is 0. The first-order valence-electron chi connectivity index (χ1n) is 5.25. The molecule has 0 aliphatic carbocycles. The Labute approximate surface area is 99.8 Å². The lowest BCUT2D eigenvalue weighted by atomic mass is 10.1. The van der Waals surface area contributed by atoms with E-state index in [1.807, 2.05) is 6.92 Å². The smallest absolute Gasteiger partial charge is 0.293 e. The predicted octanol–water partition coefficient (Wildman–Crippen LogP) is 3.85. The average Bonchev–Trinajstić information content (AvgIpc) is 2.21. The maximum Gasteiger partial charge on any atom is 0.293 e. The van der Waals surface area contributed by atoms with Gasteiger partial charge in [-0.3, -0.25) is 10.1 Å². The Morgan fingerprint density at radius 1 is 1.56 bits per heavy atom. The molecular weight excluding hydrogens is 228 g/mol. The van der Waals surface area contributed by atoms with Gasteiger partial charge in [0.15, 0.2) is 0 Å². The number of anilines is 1. The molecule has 1 unspecified atom stereocenters. The molecule has 0 amide bonds. The van der Waals surface area contributed by atoms with E-state index in [0.29, 0.717) is 10.7 Å². The molecular formula is C11H15ClN2O2. The number of para-hydroxylation sites is 1. The first-order valence-corrected chi connectivity index (χ1v) is 5.63. The Balaban J connectivity index is 2.97. The van der Waals surface area contributed by atoms with Gasteiger partial charge >= 0.3 is 0 Å². The lowest BCUT2D eigenvalue weighted by molar-refractivity contribution is -0.384. The summed E-state index contributed by atoms with van der Waals surface area (Å²) in [5, 5.41) is 14.3. The van der Waals surface area contributed by atoms with Crippen molar-refractivity contribution in [2.45, 2.75) is 32.7 Å². The summed E-state index contributed by atoms with van der Waals surface area (Å²) in [5.74, 6) is 0. The normalized spacial score (nSPS) is 12.2. The number of nitrogens with one attached hydrogen (secondary N) is 1. The molecule has 1 N–H and O–H groups in total. The standard InChI is InChI=1S/C11H15ClN2O2/c1-3-5-8(2)13-11-9(12)6-4-7-10(11)14(15)16/h4,6-8,13H,3,5H2,1-2H3. The van der Waals surface area contributed by atoms with Gasteiger partial charge in [0, 0.05) is 12.1 Å². The number of nitrogens with zero attached hydrogens (tertiary/aromatic N) is 1. The van der Waals surface area contributed by atoms with Gasteiger partial charge in [-0.05, 0) is 19.4 Å². The van der Waals surface area contributed by atoms with Crippen molar-refractivity contribution in [3.05, 3.63) is 33.3 Å². The molecule has 1 aromatic rings. The van der Waals surface area contributed by atoms with Gasteiger partial charge in [0.1, 0.15) is 5.69 Å². The Morgan fingerprint density at radius 2 is 2.25 bits per heavy atom. The molecule has 0 saturated heterocycles. The molecule has 0 aliphatic rings. The maximum atomic E-state index is 10.8. The highest BCUT2D eigenvalue weighted by Crippen LogP contribution is 2.32. The maximum absolute atomic E-state index is 10.8. The van der Waals surface area contributed by atoms with Crippen molar-refractivity contribution in [1.82, 2.24) is 0 Å². The summed E-state index contributed by atoms with van der Waals surface area (Å²) >= 11 is 5.95. The molecule has 0 aromatic heterocycles. The van der Waals surface area contributed by atoms with Crippen LogP contribution in [-0.2, 0) is 0 Å². The first-order chi connectivity index (χ1) is 7.56. The van der Waals surface area contributed by atoms with E-state index in [1.165, 1.54) is 6.07 Å². The molecule has 0 spiro atoms. The minimum Gasteiger partial charge on any atom is -0.376 e. The zero-order chi connectivity index (χ0) is 12.1. The van der Waals surface area contributed by atoms with Gasteiger partial charge in [-0.15, -0.1) is 0 Å². The molecule has 16 heavy (non-hydrogen) atoms. The van der Waals surface area contributed by atoms with Crippen molar-refractivity contribution >= 4 is 23.0 Å². The van der Waals surface area contributed by atoms with Crippen LogP contribution in [0.4, 0.5) is 11.4 Å². The van der Waals surface area contributed by atoms with Gasteiger partial charge in [0.2, 0.25) is 0 Å². The monoisotopic (exact) mass is 242 g/mol. The van der Waals surface area contributed by atoms with Crippen LogP contribution in [0.1, 0.15) is 26.7 Å². The molecule has 0 aliphatic heterocycles. The van der Waals surface area contributed by atoms with Crippen molar-refractivity contribution in [2.24, 2.45) is 0 Å². The fourth-order valence-corrected chi connectivity index (χ4v) is 1.78. The number of rotatable bonds is 5. The number of hydrogen-bond acceptors (Lipinski definition) is 3. The highest BCUT2D eigenvalue weighted by molar-refractivity contribution is 6.33. The van der Waals surface area contributed by atoms with E-state index in [2.05, 4.69) is 12.2 Å². The zero-order valence-electron chi connectivity index (χ0n) is 9.37. The van der Waals surface area contributed by atoms with E-state index in [4.69, 9.17) is 11.6 Å². The van der Waals surface area contributed by atoms with Crippen LogP contribution < -0.4 is 5.32 Å². The summed E-state index contributed by atoms with van der Waals surface area (Å²) < 4.78 is 0. The van der Waals surface area contributed by atoms with Crippen molar-refractivity contribution in [3.63, 3.8) is 0 Å². The zero-order valence-corrected chi connectivity index (χ0v) is 10.1. The average molecular weight is 243 g/mol. The molecule has 1 atom stereocenters. The van der Waals surface area contributed by atoms with Gasteiger partial charge in [-0.1, -0.05) is 31.0 Å². The quantitative estimate of drug-likeness (QED) is 0.630. The molecule has 0 radical (unpaired) electrons. The van der Waals surface area contributed by atoms with E-state index < -0.39 is 4.92 Å². The van der Waals surface area contributed by atoms with Gasteiger partial charge in [0.05, 0.1) is 9.95 Å². The van der Waals surface area contributed by atoms with Gasteiger partial charge in [-0.25, -0.2) is 0 Å². The molecule has 88 valence electrons. The summed E-state index contributed by atoms with van der Waals surface area (Å²) in [4.78, 5) is 10.4. The van der Waals surface area contributed by atoms with Gasteiger partial charge in [-0.2, -0.15) is 0 Å². The first kappa shape index (κ1) is 12.8. The van der Waals surface area contributed by atoms with Gasteiger partial charge < -0.3 is 5.32 Å². The topological polar surface area (TPSA) is 55.2 Å². The number of nitro groups is 1. The lowest BCUT2D eigenvalue weighted by Crippen LogP contribution is -2.15. The number of benzene rings is 1. The summed E-state index contributed by atoms with van der Waals surface area (Å²) in [5.41, 5.74) is 0.436. The molecule has 0 fully saturated rings. The van der Waals surface area contributed by atoms with Crippen LogP contribution in [0, 0.1) is 10.1 Å². The van der Waals surface area contributed by atoms with E-state index in [1.54, 1.807) is 12.1 Å². The minimum atomic E-state index is -0.424. The molecule has 4 nitrogen and oxygen atoms in total. The van der Waals surface area contributed by atoms with Crippen LogP contribution in [-0.4, -0.2) is 11.0 Å². The highest BCUT2D eigenvalue weighted by Gasteiger charge is 2.17. The fourth-order valence-electron chi connectivity index (χ4n) is 1.56. The molecule has 1 aromatic carbocycles. The third-order valence-corrected chi connectivity index (χ3v) is 2.62. The number of halogens is 1. The molecule has 1 rings (SSSR count). The number of nitro benzene ring substituents is 1. The lowest BCUT2D eigenvalue weighted by Gasteiger charge is -2.15.